The molecule has 1 fully saturated rings. The first-order chi connectivity index (χ1) is 8.11. The molecule has 0 spiro atoms. The Morgan fingerprint density at radius 2 is 1.94 bits per heavy atom. The van der Waals surface area contributed by atoms with Crippen LogP contribution in [0.3, 0.4) is 0 Å². The highest BCUT2D eigenvalue weighted by Gasteiger charge is 2.22. The van der Waals surface area contributed by atoms with Gasteiger partial charge in [0.05, 0.1) is 6.04 Å². The van der Waals surface area contributed by atoms with Gasteiger partial charge in [-0.2, -0.15) is 0 Å². The molecule has 0 aliphatic carbocycles. The molecule has 0 aromatic carbocycles. The van der Waals surface area contributed by atoms with E-state index in [1.807, 2.05) is 4.90 Å². The highest BCUT2D eigenvalue weighted by molar-refractivity contribution is 5.81. The lowest BCUT2D eigenvalue weighted by Crippen LogP contribution is -2.42. The molecule has 100 valence electrons. The van der Waals surface area contributed by atoms with Gasteiger partial charge in [-0.25, -0.2) is 0 Å². The molecular formula is C13H27N3O. The van der Waals surface area contributed by atoms with Crippen LogP contribution >= 0.6 is 0 Å². The maximum Gasteiger partial charge on any atom is 0.239 e. The molecule has 4 nitrogen and oxygen atoms in total. The maximum absolute atomic E-state index is 11.9. The summed E-state index contributed by atoms with van der Waals surface area (Å²) in [7, 11) is 0. The van der Waals surface area contributed by atoms with E-state index in [9.17, 15) is 4.79 Å². The van der Waals surface area contributed by atoms with Crippen LogP contribution in [0.15, 0.2) is 0 Å². The second-order valence-corrected chi connectivity index (χ2v) is 5.24. The first-order valence-corrected chi connectivity index (χ1v) is 6.89. The van der Waals surface area contributed by atoms with Crippen LogP contribution in [0.4, 0.5) is 0 Å². The van der Waals surface area contributed by atoms with E-state index in [-0.39, 0.29) is 11.9 Å². The Morgan fingerprint density at radius 3 is 2.53 bits per heavy atom. The number of nitrogens with zero attached hydrogens (tertiary/aromatic N) is 1. The molecule has 0 saturated carbocycles. The molecule has 4 heteroatoms. The Balaban J connectivity index is 2.07. The molecule has 0 aromatic heterocycles. The SMILES string of the molecule is CC(C)NCCCCC(N)C(=O)N1CCCC1. The number of likely N-dealkylation sites (tertiary alicyclic amines) is 1. The van der Waals surface area contributed by atoms with Gasteiger partial charge in [0.15, 0.2) is 0 Å². The summed E-state index contributed by atoms with van der Waals surface area (Å²) in [6.45, 7) is 7.11. The molecule has 1 atom stereocenters. The largest absolute Gasteiger partial charge is 0.341 e. The third kappa shape index (κ3) is 5.50. The number of rotatable bonds is 7. The van der Waals surface area contributed by atoms with Gasteiger partial charge in [-0.05, 0) is 32.2 Å². The van der Waals surface area contributed by atoms with Crippen molar-refractivity contribution in [2.75, 3.05) is 19.6 Å². The van der Waals surface area contributed by atoms with Crippen LogP contribution in [0, 0.1) is 0 Å². The summed E-state index contributed by atoms with van der Waals surface area (Å²) < 4.78 is 0. The minimum atomic E-state index is -0.285. The molecular weight excluding hydrogens is 214 g/mol. The number of unbranched alkanes of at least 4 members (excludes halogenated alkanes) is 1. The van der Waals surface area contributed by atoms with Crippen LogP contribution in [0.1, 0.15) is 46.0 Å². The predicted octanol–water partition coefficient (Wildman–Crippen LogP) is 1.10. The molecule has 1 amide bonds. The number of hydrogen-bond acceptors (Lipinski definition) is 3. The second-order valence-electron chi connectivity index (χ2n) is 5.24. The number of carbonyl (C=O) groups is 1. The van der Waals surface area contributed by atoms with E-state index in [0.29, 0.717) is 6.04 Å². The molecule has 1 aliphatic heterocycles. The zero-order valence-electron chi connectivity index (χ0n) is 11.2. The Morgan fingerprint density at radius 1 is 1.29 bits per heavy atom. The van der Waals surface area contributed by atoms with E-state index in [2.05, 4.69) is 19.2 Å². The van der Waals surface area contributed by atoms with Gasteiger partial charge in [-0.1, -0.05) is 20.3 Å². The Labute approximate surface area is 105 Å². The monoisotopic (exact) mass is 241 g/mol. The highest BCUT2D eigenvalue weighted by Crippen LogP contribution is 2.10. The van der Waals surface area contributed by atoms with E-state index in [4.69, 9.17) is 5.73 Å². The quantitative estimate of drug-likeness (QED) is 0.656. The van der Waals surface area contributed by atoms with Crippen LogP contribution in [0.5, 0.6) is 0 Å². The second kappa shape index (κ2) is 7.67. The lowest BCUT2D eigenvalue weighted by molar-refractivity contribution is -0.131. The highest BCUT2D eigenvalue weighted by atomic mass is 16.2. The standard InChI is InChI=1S/C13H27N3O/c1-11(2)15-8-4-3-7-12(14)13(17)16-9-5-6-10-16/h11-12,15H,3-10,14H2,1-2H3. The first kappa shape index (κ1) is 14.5. The molecule has 0 radical (unpaired) electrons. The molecule has 0 bridgehead atoms. The number of hydrogen-bond donors (Lipinski definition) is 2. The van der Waals surface area contributed by atoms with Crippen LogP contribution in [-0.4, -0.2) is 42.5 Å². The third-order valence-electron chi connectivity index (χ3n) is 3.23. The first-order valence-electron chi connectivity index (χ1n) is 6.89. The maximum atomic E-state index is 11.9. The summed E-state index contributed by atoms with van der Waals surface area (Å²) in [5.74, 6) is 0.152. The summed E-state index contributed by atoms with van der Waals surface area (Å²) >= 11 is 0. The van der Waals surface area contributed by atoms with Gasteiger partial charge in [-0.15, -0.1) is 0 Å². The molecule has 1 saturated heterocycles. The van der Waals surface area contributed by atoms with Gasteiger partial charge in [0.2, 0.25) is 5.91 Å². The molecule has 1 rings (SSSR count). The van der Waals surface area contributed by atoms with E-state index < -0.39 is 0 Å². The van der Waals surface area contributed by atoms with E-state index in [0.717, 1.165) is 51.7 Å². The fourth-order valence-electron chi connectivity index (χ4n) is 2.18. The Bertz CT molecular complexity index is 225. The van der Waals surface area contributed by atoms with Crippen molar-refractivity contribution in [2.24, 2.45) is 5.73 Å². The van der Waals surface area contributed by atoms with Crippen LogP contribution in [0.25, 0.3) is 0 Å². The van der Waals surface area contributed by atoms with Crippen molar-refractivity contribution >= 4 is 5.91 Å². The van der Waals surface area contributed by atoms with Crippen molar-refractivity contribution in [1.82, 2.24) is 10.2 Å². The van der Waals surface area contributed by atoms with Crippen LogP contribution in [-0.2, 0) is 4.79 Å². The summed E-state index contributed by atoms with van der Waals surface area (Å²) in [4.78, 5) is 13.8. The number of carbonyl (C=O) groups excluding carboxylic acids is 1. The minimum absolute atomic E-state index is 0.152. The van der Waals surface area contributed by atoms with E-state index >= 15 is 0 Å². The fraction of sp³-hybridized carbons (Fsp3) is 0.923. The van der Waals surface area contributed by atoms with Crippen molar-refractivity contribution in [3.05, 3.63) is 0 Å². The number of amides is 1. The molecule has 17 heavy (non-hydrogen) atoms. The third-order valence-corrected chi connectivity index (χ3v) is 3.23. The van der Waals surface area contributed by atoms with Gasteiger partial charge in [0, 0.05) is 19.1 Å². The zero-order chi connectivity index (χ0) is 12.7. The summed E-state index contributed by atoms with van der Waals surface area (Å²) in [6.07, 6.45) is 5.21. The number of nitrogens with one attached hydrogen (secondary N) is 1. The molecule has 1 aliphatic rings. The molecule has 0 aromatic rings. The Hall–Kier alpha value is -0.610. The van der Waals surface area contributed by atoms with Gasteiger partial charge in [0.1, 0.15) is 0 Å². The van der Waals surface area contributed by atoms with Crippen molar-refractivity contribution in [1.29, 1.82) is 0 Å². The normalized spacial score (nSPS) is 17.8. The van der Waals surface area contributed by atoms with Crippen molar-refractivity contribution in [3.8, 4) is 0 Å². The average Bonchev–Trinajstić information content (AvgIpc) is 2.80. The van der Waals surface area contributed by atoms with Crippen molar-refractivity contribution in [2.45, 2.75) is 58.0 Å². The molecule has 1 unspecified atom stereocenters. The van der Waals surface area contributed by atoms with Gasteiger partial charge >= 0.3 is 0 Å². The van der Waals surface area contributed by atoms with Crippen molar-refractivity contribution < 1.29 is 4.79 Å². The summed E-state index contributed by atoms with van der Waals surface area (Å²) in [6, 6.07) is 0.252. The molecule has 1 heterocycles. The summed E-state index contributed by atoms with van der Waals surface area (Å²) in [5.41, 5.74) is 5.93. The lowest BCUT2D eigenvalue weighted by Gasteiger charge is -2.20. The topological polar surface area (TPSA) is 58.4 Å². The molecule has 3 N–H and O–H groups in total. The van der Waals surface area contributed by atoms with Gasteiger partial charge < -0.3 is 16.0 Å². The van der Waals surface area contributed by atoms with Crippen LogP contribution in [0.2, 0.25) is 0 Å². The minimum Gasteiger partial charge on any atom is -0.341 e. The average molecular weight is 241 g/mol. The van der Waals surface area contributed by atoms with Crippen molar-refractivity contribution in [3.63, 3.8) is 0 Å². The Kier molecular flexibility index (Phi) is 6.52. The summed E-state index contributed by atoms with van der Waals surface area (Å²) in [5, 5.41) is 3.37. The van der Waals surface area contributed by atoms with Gasteiger partial charge in [0.25, 0.3) is 0 Å². The van der Waals surface area contributed by atoms with E-state index in [1.165, 1.54) is 0 Å². The van der Waals surface area contributed by atoms with E-state index in [1.54, 1.807) is 0 Å². The van der Waals surface area contributed by atoms with Crippen LogP contribution < -0.4 is 11.1 Å². The van der Waals surface area contributed by atoms with Gasteiger partial charge in [-0.3, -0.25) is 4.79 Å². The predicted molar refractivity (Wildman–Crippen MR) is 70.8 cm³/mol. The zero-order valence-corrected chi connectivity index (χ0v) is 11.2. The number of nitrogens with two attached hydrogens (primary N) is 1. The smallest absolute Gasteiger partial charge is 0.239 e. The lowest BCUT2D eigenvalue weighted by atomic mass is 10.1. The fourth-order valence-corrected chi connectivity index (χ4v) is 2.18.